The molecule has 2 aromatic heterocycles. The number of fused-ring (bicyclic) bond motifs is 1. The molecule has 114 valence electrons. The largest absolute Gasteiger partial charge is 0.337 e. The van der Waals surface area contributed by atoms with Crippen LogP contribution in [0.3, 0.4) is 0 Å². The highest BCUT2D eigenvalue weighted by Crippen LogP contribution is 2.21. The summed E-state index contributed by atoms with van der Waals surface area (Å²) in [5, 5.41) is 1.49. The van der Waals surface area contributed by atoms with E-state index in [4.69, 9.17) is 0 Å². The molecule has 0 aliphatic heterocycles. The Kier molecular flexibility index (Phi) is 4.17. The summed E-state index contributed by atoms with van der Waals surface area (Å²) in [4.78, 5) is 8.25. The van der Waals surface area contributed by atoms with Crippen LogP contribution in [-0.4, -0.2) is 29.5 Å². The fourth-order valence-corrected chi connectivity index (χ4v) is 3.59. The molecule has 0 saturated heterocycles. The number of pyridine rings is 1. The fraction of sp³-hybridized carbons (Fsp3) is 0.200. The Balaban J connectivity index is 1.72. The summed E-state index contributed by atoms with van der Waals surface area (Å²) in [5.41, 5.74) is 0. The molecule has 3 rings (SSSR count). The van der Waals surface area contributed by atoms with E-state index in [0.29, 0.717) is 18.4 Å². The summed E-state index contributed by atoms with van der Waals surface area (Å²) in [6.07, 6.45) is 9.22. The van der Waals surface area contributed by atoms with E-state index in [2.05, 4.69) is 14.7 Å². The van der Waals surface area contributed by atoms with Gasteiger partial charge in [0.25, 0.3) is 0 Å². The maximum atomic E-state index is 12.5. The Hall–Kier alpha value is -2.25. The molecule has 1 aromatic carbocycles. The van der Waals surface area contributed by atoms with Gasteiger partial charge in [0.05, 0.1) is 11.2 Å². The highest BCUT2D eigenvalue weighted by molar-refractivity contribution is 7.89. The lowest BCUT2D eigenvalue weighted by molar-refractivity contribution is 0.570. The van der Waals surface area contributed by atoms with E-state index in [1.165, 1.54) is 0 Å². The first kappa shape index (κ1) is 14.7. The molecule has 1 N–H and O–H groups in total. The second-order valence-electron chi connectivity index (χ2n) is 4.90. The van der Waals surface area contributed by atoms with Crippen LogP contribution in [0, 0.1) is 0 Å². The third kappa shape index (κ3) is 3.15. The normalized spacial score (nSPS) is 11.8. The summed E-state index contributed by atoms with van der Waals surface area (Å²) >= 11 is 0. The lowest BCUT2D eigenvalue weighted by Gasteiger charge is -2.09. The quantitative estimate of drug-likeness (QED) is 0.704. The van der Waals surface area contributed by atoms with E-state index in [9.17, 15) is 8.42 Å². The zero-order chi connectivity index (χ0) is 15.4. The molecule has 7 heteroatoms. The van der Waals surface area contributed by atoms with Crippen molar-refractivity contribution in [2.75, 3.05) is 6.54 Å². The number of imidazole rings is 1. The lowest BCUT2D eigenvalue weighted by atomic mass is 10.2. The average molecular weight is 316 g/mol. The number of rotatable bonds is 6. The second-order valence-corrected chi connectivity index (χ2v) is 6.64. The maximum absolute atomic E-state index is 12.5. The summed E-state index contributed by atoms with van der Waals surface area (Å²) < 4.78 is 29.5. The molecule has 0 amide bonds. The molecular formula is C15H16N4O2S. The van der Waals surface area contributed by atoms with Crippen LogP contribution in [0.25, 0.3) is 10.8 Å². The molecule has 0 fully saturated rings. The van der Waals surface area contributed by atoms with Gasteiger partial charge in [-0.05, 0) is 18.6 Å². The van der Waals surface area contributed by atoms with Crippen LogP contribution in [0.5, 0.6) is 0 Å². The topological polar surface area (TPSA) is 76.9 Å². The van der Waals surface area contributed by atoms with Crippen molar-refractivity contribution < 1.29 is 8.42 Å². The number of aryl methyl sites for hydroxylation is 1. The van der Waals surface area contributed by atoms with Gasteiger partial charge in [-0.25, -0.2) is 18.1 Å². The number of aromatic nitrogens is 3. The van der Waals surface area contributed by atoms with Crippen molar-refractivity contribution in [1.29, 1.82) is 0 Å². The first-order valence-electron chi connectivity index (χ1n) is 6.95. The van der Waals surface area contributed by atoms with Crippen LogP contribution in [0.2, 0.25) is 0 Å². The summed E-state index contributed by atoms with van der Waals surface area (Å²) in [5.74, 6) is 0. The van der Waals surface area contributed by atoms with Gasteiger partial charge in [-0.2, -0.15) is 0 Å². The molecule has 0 spiro atoms. The summed E-state index contributed by atoms with van der Waals surface area (Å²) in [6.45, 7) is 1.10. The van der Waals surface area contributed by atoms with Gasteiger partial charge < -0.3 is 4.57 Å². The van der Waals surface area contributed by atoms with Crippen molar-refractivity contribution in [3.05, 3.63) is 55.4 Å². The predicted octanol–water partition coefficient (Wildman–Crippen LogP) is 1.80. The minimum Gasteiger partial charge on any atom is -0.337 e. The van der Waals surface area contributed by atoms with Crippen LogP contribution < -0.4 is 4.72 Å². The molecule has 3 aromatic rings. The van der Waals surface area contributed by atoms with E-state index in [1.54, 1.807) is 43.1 Å². The standard InChI is InChI=1S/C15H16N4O2S/c20-22(21,18-6-2-9-19-10-8-17-12-19)15-4-1-3-13-11-16-7-5-14(13)15/h1,3-5,7-8,10-12,18H,2,6,9H2. The number of benzene rings is 1. The predicted molar refractivity (Wildman–Crippen MR) is 83.8 cm³/mol. The van der Waals surface area contributed by atoms with Gasteiger partial charge in [0, 0.05) is 48.6 Å². The van der Waals surface area contributed by atoms with E-state index in [1.807, 2.05) is 16.8 Å². The minimum atomic E-state index is -3.53. The Labute approximate surface area is 128 Å². The molecular weight excluding hydrogens is 300 g/mol. The Morgan fingerprint density at radius 2 is 2.05 bits per heavy atom. The van der Waals surface area contributed by atoms with Crippen molar-refractivity contribution in [2.45, 2.75) is 17.9 Å². The first-order chi connectivity index (χ1) is 10.7. The van der Waals surface area contributed by atoms with Gasteiger partial charge in [0.2, 0.25) is 10.0 Å². The molecule has 0 saturated carbocycles. The molecule has 0 unspecified atom stereocenters. The van der Waals surface area contributed by atoms with E-state index < -0.39 is 10.0 Å². The van der Waals surface area contributed by atoms with Crippen molar-refractivity contribution in [3.63, 3.8) is 0 Å². The molecule has 0 bridgehead atoms. The van der Waals surface area contributed by atoms with Crippen LogP contribution >= 0.6 is 0 Å². The summed E-state index contributed by atoms with van der Waals surface area (Å²) in [6, 6.07) is 6.90. The van der Waals surface area contributed by atoms with E-state index in [-0.39, 0.29) is 4.90 Å². The number of nitrogens with one attached hydrogen (secondary N) is 1. The van der Waals surface area contributed by atoms with Crippen molar-refractivity contribution in [3.8, 4) is 0 Å². The maximum Gasteiger partial charge on any atom is 0.241 e. The van der Waals surface area contributed by atoms with Crippen LogP contribution in [0.4, 0.5) is 0 Å². The molecule has 0 aliphatic rings. The van der Waals surface area contributed by atoms with Gasteiger partial charge in [-0.1, -0.05) is 12.1 Å². The number of hydrogen-bond donors (Lipinski definition) is 1. The second kappa shape index (κ2) is 6.25. The van der Waals surface area contributed by atoms with E-state index in [0.717, 1.165) is 11.9 Å². The number of hydrogen-bond acceptors (Lipinski definition) is 4. The molecule has 0 aliphatic carbocycles. The number of sulfonamides is 1. The molecule has 6 nitrogen and oxygen atoms in total. The zero-order valence-corrected chi connectivity index (χ0v) is 12.7. The Morgan fingerprint density at radius 1 is 1.14 bits per heavy atom. The number of nitrogens with zero attached hydrogens (tertiary/aromatic N) is 3. The monoisotopic (exact) mass is 316 g/mol. The van der Waals surface area contributed by atoms with Gasteiger partial charge >= 0.3 is 0 Å². The van der Waals surface area contributed by atoms with Gasteiger partial charge in [-0.3, -0.25) is 4.98 Å². The van der Waals surface area contributed by atoms with Crippen molar-refractivity contribution >= 4 is 20.8 Å². The molecule has 2 heterocycles. The van der Waals surface area contributed by atoms with Gasteiger partial charge in [0.1, 0.15) is 0 Å². The smallest absolute Gasteiger partial charge is 0.241 e. The Morgan fingerprint density at radius 3 is 2.86 bits per heavy atom. The third-order valence-electron chi connectivity index (χ3n) is 3.37. The molecule has 22 heavy (non-hydrogen) atoms. The third-order valence-corrected chi connectivity index (χ3v) is 4.89. The average Bonchev–Trinajstić information content (AvgIpc) is 3.04. The molecule has 0 atom stereocenters. The van der Waals surface area contributed by atoms with Crippen LogP contribution in [0.1, 0.15) is 6.42 Å². The van der Waals surface area contributed by atoms with Gasteiger partial charge in [0.15, 0.2) is 0 Å². The highest BCUT2D eigenvalue weighted by atomic mass is 32.2. The van der Waals surface area contributed by atoms with Crippen LogP contribution in [-0.2, 0) is 16.6 Å². The van der Waals surface area contributed by atoms with Crippen molar-refractivity contribution in [2.24, 2.45) is 0 Å². The van der Waals surface area contributed by atoms with Crippen molar-refractivity contribution in [1.82, 2.24) is 19.3 Å². The summed E-state index contributed by atoms with van der Waals surface area (Å²) in [7, 11) is -3.53. The minimum absolute atomic E-state index is 0.287. The highest BCUT2D eigenvalue weighted by Gasteiger charge is 2.16. The first-order valence-corrected chi connectivity index (χ1v) is 8.43. The van der Waals surface area contributed by atoms with E-state index >= 15 is 0 Å². The van der Waals surface area contributed by atoms with Gasteiger partial charge in [-0.15, -0.1) is 0 Å². The SMILES string of the molecule is O=S(=O)(NCCCn1ccnc1)c1cccc2cnccc12. The molecule has 0 radical (unpaired) electrons. The van der Waals surface area contributed by atoms with Crippen LogP contribution in [0.15, 0.2) is 60.3 Å². The zero-order valence-electron chi connectivity index (χ0n) is 11.9. The lowest BCUT2D eigenvalue weighted by Crippen LogP contribution is -2.25. The fourth-order valence-electron chi connectivity index (χ4n) is 2.29. The Bertz CT molecular complexity index is 855.